The Bertz CT molecular complexity index is 362. The van der Waals surface area contributed by atoms with E-state index in [1.807, 2.05) is 0 Å². The third-order valence-electron chi connectivity index (χ3n) is 1.71. The lowest BCUT2D eigenvalue weighted by Gasteiger charge is -2.02. The Balaban J connectivity index is 3.08. The fourth-order valence-corrected chi connectivity index (χ4v) is 0.971. The molecule has 5 nitrogen and oxygen atoms in total. The van der Waals surface area contributed by atoms with Gasteiger partial charge in [-0.25, -0.2) is 0 Å². The molecular weight excluding hydrogens is 170 g/mol. The quantitative estimate of drug-likeness (QED) is 0.673. The van der Waals surface area contributed by atoms with Crippen molar-refractivity contribution in [2.75, 3.05) is 0 Å². The number of hydrogen-bond acceptors (Lipinski definition) is 3. The fourth-order valence-electron chi connectivity index (χ4n) is 0.971. The summed E-state index contributed by atoms with van der Waals surface area (Å²) in [5.41, 5.74) is 5.53. The highest BCUT2D eigenvalue weighted by atomic mass is 16.2. The average molecular weight is 183 g/mol. The van der Waals surface area contributed by atoms with Crippen molar-refractivity contribution in [2.24, 2.45) is 11.7 Å². The van der Waals surface area contributed by atoms with Gasteiger partial charge in [0.05, 0.1) is 5.69 Å². The van der Waals surface area contributed by atoms with Crippen LogP contribution in [-0.2, 0) is 6.54 Å². The first-order valence-electron chi connectivity index (χ1n) is 4.11. The second kappa shape index (κ2) is 3.57. The number of hydrogen-bond donors (Lipinski definition) is 2. The first-order chi connectivity index (χ1) is 6.06. The molecule has 0 aliphatic heterocycles. The van der Waals surface area contributed by atoms with E-state index in [-0.39, 0.29) is 23.9 Å². The minimum atomic E-state index is -0.348. The van der Waals surface area contributed by atoms with Crippen LogP contribution in [0.3, 0.4) is 0 Å². The van der Waals surface area contributed by atoms with Crippen molar-refractivity contribution in [3.8, 4) is 0 Å². The van der Waals surface area contributed by atoms with Crippen LogP contribution in [0.2, 0.25) is 0 Å². The molecule has 0 fully saturated rings. The monoisotopic (exact) mass is 183 g/mol. The highest BCUT2D eigenvalue weighted by molar-refractivity contribution is 5.79. The lowest BCUT2D eigenvalue weighted by molar-refractivity contribution is 0.0834. The molecule has 0 aliphatic carbocycles. The van der Waals surface area contributed by atoms with Crippen molar-refractivity contribution in [1.82, 2.24) is 9.78 Å². The van der Waals surface area contributed by atoms with Gasteiger partial charge in [0.1, 0.15) is 0 Å². The summed E-state index contributed by atoms with van der Waals surface area (Å²) < 4.78 is 0.993. The molecule has 0 spiro atoms. The van der Waals surface area contributed by atoms with E-state index >= 15 is 0 Å². The van der Waals surface area contributed by atoms with Gasteiger partial charge in [-0.15, -0.1) is 0 Å². The molecule has 0 aromatic carbocycles. The van der Waals surface area contributed by atoms with E-state index in [1.165, 1.54) is 6.07 Å². The summed E-state index contributed by atoms with van der Waals surface area (Å²) in [4.78, 5) is 22.6. The highest BCUT2D eigenvalue weighted by Crippen LogP contribution is 1.96. The molecule has 3 N–H and O–H groups in total. The number of H-pyrrole nitrogens is 1. The van der Waals surface area contributed by atoms with Crippen LogP contribution in [-0.4, -0.2) is 15.7 Å². The van der Waals surface area contributed by atoms with Gasteiger partial charge < -0.3 is 5.73 Å². The smallest absolute Gasteiger partial charge is 0.273 e. The molecular formula is C8H13N3O2. The molecule has 0 bridgehead atoms. The van der Waals surface area contributed by atoms with Gasteiger partial charge in [-0.1, -0.05) is 13.8 Å². The second-order valence-electron chi connectivity index (χ2n) is 3.15. The largest absolute Gasteiger partial charge is 0.325 e. The Morgan fingerprint density at radius 2 is 2.31 bits per heavy atom. The van der Waals surface area contributed by atoms with E-state index in [9.17, 15) is 9.59 Å². The number of carbonyl (C=O) groups is 1. The Labute approximate surface area is 75.5 Å². The van der Waals surface area contributed by atoms with Gasteiger partial charge >= 0.3 is 0 Å². The van der Waals surface area contributed by atoms with Crippen molar-refractivity contribution in [1.29, 1.82) is 0 Å². The molecule has 0 saturated carbocycles. The van der Waals surface area contributed by atoms with Crippen molar-refractivity contribution in [3.05, 3.63) is 22.1 Å². The minimum absolute atomic E-state index is 0.207. The normalized spacial score (nSPS) is 10.8. The van der Waals surface area contributed by atoms with Crippen molar-refractivity contribution < 1.29 is 4.79 Å². The van der Waals surface area contributed by atoms with E-state index in [2.05, 4.69) is 5.10 Å². The maximum atomic E-state index is 11.4. The molecule has 0 saturated heterocycles. The Hall–Kier alpha value is -1.36. The van der Waals surface area contributed by atoms with Crippen molar-refractivity contribution in [2.45, 2.75) is 20.4 Å². The maximum Gasteiger partial charge on any atom is 0.273 e. The average Bonchev–Trinajstić information content (AvgIpc) is 2.45. The van der Waals surface area contributed by atoms with Crippen LogP contribution >= 0.6 is 0 Å². The predicted molar refractivity (Wildman–Crippen MR) is 48.4 cm³/mol. The molecule has 0 aliphatic rings. The summed E-state index contributed by atoms with van der Waals surface area (Å²) in [6.07, 6.45) is 0. The summed E-state index contributed by atoms with van der Waals surface area (Å²) in [7, 11) is 0. The van der Waals surface area contributed by atoms with E-state index < -0.39 is 0 Å². The summed E-state index contributed by atoms with van der Waals surface area (Å²) in [6, 6.07) is 1.33. The first-order valence-corrected chi connectivity index (χ1v) is 4.11. The van der Waals surface area contributed by atoms with Crippen molar-refractivity contribution >= 4 is 5.91 Å². The lowest BCUT2D eigenvalue weighted by atomic mass is 10.2. The van der Waals surface area contributed by atoms with Crippen LogP contribution in [0.25, 0.3) is 0 Å². The van der Waals surface area contributed by atoms with Crippen LogP contribution in [0.15, 0.2) is 10.9 Å². The van der Waals surface area contributed by atoms with Gasteiger partial charge in [-0.2, -0.15) is 4.68 Å². The summed E-state index contributed by atoms with van der Waals surface area (Å²) in [5, 5.41) is 2.64. The first kappa shape index (κ1) is 9.73. The molecule has 0 radical (unpaired) electrons. The Kier molecular flexibility index (Phi) is 2.67. The van der Waals surface area contributed by atoms with Gasteiger partial charge in [-0.3, -0.25) is 14.7 Å². The number of carbonyl (C=O) groups excluding carboxylic acids is 1. The Morgan fingerprint density at radius 3 is 2.69 bits per heavy atom. The van der Waals surface area contributed by atoms with Crippen LogP contribution in [0, 0.1) is 5.92 Å². The molecule has 0 amide bonds. The summed E-state index contributed by atoms with van der Waals surface area (Å²) in [6.45, 7) is 3.70. The van der Waals surface area contributed by atoms with E-state index in [4.69, 9.17) is 5.73 Å². The SMILES string of the molecule is CC(C)C(=O)n1[nH]c(CN)cc1=O. The third-order valence-corrected chi connectivity index (χ3v) is 1.71. The molecule has 0 atom stereocenters. The number of rotatable bonds is 2. The van der Waals surface area contributed by atoms with E-state index in [0.717, 1.165) is 4.68 Å². The molecule has 1 heterocycles. The molecule has 1 aromatic rings. The zero-order valence-corrected chi connectivity index (χ0v) is 7.70. The number of nitrogens with two attached hydrogens (primary N) is 1. The molecule has 1 rings (SSSR count). The number of aromatic nitrogens is 2. The van der Waals surface area contributed by atoms with Gasteiger partial charge in [0.15, 0.2) is 0 Å². The third kappa shape index (κ3) is 1.86. The molecule has 0 unspecified atom stereocenters. The van der Waals surface area contributed by atoms with Gasteiger partial charge in [0.2, 0.25) is 0 Å². The zero-order chi connectivity index (χ0) is 10.0. The Morgan fingerprint density at radius 1 is 1.69 bits per heavy atom. The maximum absolute atomic E-state index is 11.4. The number of aromatic amines is 1. The van der Waals surface area contributed by atoms with Gasteiger partial charge in [-0.05, 0) is 0 Å². The molecule has 13 heavy (non-hydrogen) atoms. The number of nitrogens with one attached hydrogen (secondary N) is 1. The van der Waals surface area contributed by atoms with Gasteiger partial charge in [0, 0.05) is 18.5 Å². The summed E-state index contributed by atoms with van der Waals surface area (Å²) in [5.74, 6) is -0.452. The van der Waals surface area contributed by atoms with Crippen LogP contribution in [0.4, 0.5) is 0 Å². The molecule has 72 valence electrons. The molecule has 1 aromatic heterocycles. The van der Waals surface area contributed by atoms with Crippen LogP contribution in [0.1, 0.15) is 24.3 Å². The standard InChI is InChI=1S/C8H13N3O2/c1-5(2)8(13)11-7(12)3-6(4-9)10-11/h3,5,10H,4,9H2,1-2H3. The molecule has 5 heteroatoms. The van der Waals surface area contributed by atoms with Crippen LogP contribution < -0.4 is 11.3 Å². The summed E-state index contributed by atoms with van der Waals surface area (Å²) >= 11 is 0. The highest BCUT2D eigenvalue weighted by Gasteiger charge is 2.13. The second-order valence-corrected chi connectivity index (χ2v) is 3.15. The minimum Gasteiger partial charge on any atom is -0.325 e. The predicted octanol–water partition coefficient (Wildman–Crippen LogP) is -0.0687. The van der Waals surface area contributed by atoms with E-state index in [0.29, 0.717) is 5.69 Å². The zero-order valence-electron chi connectivity index (χ0n) is 7.70. The lowest BCUT2D eigenvalue weighted by Crippen LogP contribution is -2.27. The van der Waals surface area contributed by atoms with Gasteiger partial charge in [0.25, 0.3) is 11.5 Å². The van der Waals surface area contributed by atoms with E-state index in [1.54, 1.807) is 13.8 Å². The van der Waals surface area contributed by atoms with Crippen LogP contribution in [0.5, 0.6) is 0 Å². The van der Waals surface area contributed by atoms with Crippen molar-refractivity contribution in [3.63, 3.8) is 0 Å². The fraction of sp³-hybridized carbons (Fsp3) is 0.500. The number of nitrogens with zero attached hydrogens (tertiary/aromatic N) is 1. The topological polar surface area (TPSA) is 80.9 Å².